The number of rotatable bonds is 5. The second kappa shape index (κ2) is 7.59. The van der Waals surface area contributed by atoms with Crippen LogP contribution in [0.25, 0.3) is 0 Å². The number of ether oxygens (including phenoxy) is 1. The number of benzene rings is 2. The van der Waals surface area contributed by atoms with Gasteiger partial charge in [-0.25, -0.2) is 4.39 Å². The zero-order valence-corrected chi connectivity index (χ0v) is 14.9. The molecule has 2 aromatic rings. The molecule has 0 heterocycles. The molecule has 1 N–H and O–H groups in total. The van der Waals surface area contributed by atoms with Gasteiger partial charge in [0.1, 0.15) is 11.6 Å². The Labute approximate surface area is 144 Å². The zero-order chi connectivity index (χ0) is 17.0. The second-order valence-corrected chi connectivity index (χ2v) is 6.31. The smallest absolute Gasteiger partial charge is 0.265 e. The fourth-order valence-electron chi connectivity index (χ4n) is 2.11. The van der Waals surface area contributed by atoms with Gasteiger partial charge in [-0.3, -0.25) is 4.79 Å². The van der Waals surface area contributed by atoms with Gasteiger partial charge < -0.3 is 10.1 Å². The van der Waals surface area contributed by atoms with Crippen molar-refractivity contribution in [2.75, 3.05) is 5.32 Å². The van der Waals surface area contributed by atoms with Gasteiger partial charge in [0.05, 0.1) is 5.69 Å². The van der Waals surface area contributed by atoms with Gasteiger partial charge in [0.15, 0.2) is 6.10 Å². The van der Waals surface area contributed by atoms with E-state index in [2.05, 4.69) is 21.2 Å². The summed E-state index contributed by atoms with van der Waals surface area (Å²) < 4.78 is 20.3. The van der Waals surface area contributed by atoms with E-state index < -0.39 is 11.9 Å². The number of hydrogen-bond acceptors (Lipinski definition) is 2. The highest BCUT2D eigenvalue weighted by Crippen LogP contribution is 2.23. The predicted octanol–water partition coefficient (Wildman–Crippen LogP) is 5.00. The van der Waals surface area contributed by atoms with E-state index in [0.717, 1.165) is 11.1 Å². The van der Waals surface area contributed by atoms with Crippen LogP contribution in [0.2, 0.25) is 0 Å². The molecule has 2 rings (SSSR count). The Morgan fingerprint density at radius 3 is 2.65 bits per heavy atom. The van der Waals surface area contributed by atoms with Crippen LogP contribution in [0.15, 0.2) is 40.9 Å². The number of aryl methyl sites for hydroxylation is 2. The van der Waals surface area contributed by atoms with Crippen molar-refractivity contribution in [1.82, 2.24) is 0 Å². The predicted molar refractivity (Wildman–Crippen MR) is 93.4 cm³/mol. The van der Waals surface area contributed by atoms with Crippen LogP contribution in [0.1, 0.15) is 24.5 Å². The minimum atomic E-state index is -0.682. The first-order valence-corrected chi connectivity index (χ1v) is 8.20. The first-order chi connectivity index (χ1) is 10.9. The Kier molecular flexibility index (Phi) is 5.77. The third-order valence-electron chi connectivity index (χ3n) is 3.47. The van der Waals surface area contributed by atoms with Gasteiger partial charge in [-0.15, -0.1) is 0 Å². The molecule has 0 saturated carbocycles. The van der Waals surface area contributed by atoms with Gasteiger partial charge in [0, 0.05) is 4.47 Å². The maximum Gasteiger partial charge on any atom is 0.265 e. The standard InChI is InChI=1S/C18H19BrFNO2/c1-4-16(23-17-9-11(2)5-6-12(17)3)18(22)21-15-8-7-13(19)10-14(15)20/h5-10,16H,4H2,1-3H3,(H,21,22). The van der Waals surface area contributed by atoms with Crippen LogP contribution in [0.3, 0.4) is 0 Å². The van der Waals surface area contributed by atoms with E-state index in [1.54, 1.807) is 6.07 Å². The minimum absolute atomic E-state index is 0.140. The monoisotopic (exact) mass is 379 g/mol. The SMILES string of the molecule is CCC(Oc1cc(C)ccc1C)C(=O)Nc1ccc(Br)cc1F. The zero-order valence-electron chi connectivity index (χ0n) is 13.3. The normalized spacial score (nSPS) is 11.9. The first-order valence-electron chi connectivity index (χ1n) is 7.40. The average molecular weight is 380 g/mol. The summed E-state index contributed by atoms with van der Waals surface area (Å²) in [5.74, 6) is -0.188. The lowest BCUT2D eigenvalue weighted by atomic mass is 10.1. The molecule has 1 amide bonds. The number of nitrogens with one attached hydrogen (secondary N) is 1. The third-order valence-corrected chi connectivity index (χ3v) is 3.96. The van der Waals surface area contributed by atoms with Crippen LogP contribution in [0, 0.1) is 19.7 Å². The van der Waals surface area contributed by atoms with Crippen LogP contribution in [0.5, 0.6) is 5.75 Å². The fraction of sp³-hybridized carbons (Fsp3) is 0.278. The molecule has 0 fully saturated rings. The summed E-state index contributed by atoms with van der Waals surface area (Å²) in [5.41, 5.74) is 2.15. The molecule has 0 aromatic heterocycles. The fourth-order valence-corrected chi connectivity index (χ4v) is 2.45. The molecule has 23 heavy (non-hydrogen) atoms. The lowest BCUT2D eigenvalue weighted by Crippen LogP contribution is -2.32. The van der Waals surface area contributed by atoms with Crippen molar-refractivity contribution in [3.63, 3.8) is 0 Å². The molecule has 0 saturated heterocycles. The summed E-state index contributed by atoms with van der Waals surface area (Å²) in [6.45, 7) is 5.74. The molecule has 1 atom stereocenters. The Balaban J connectivity index is 2.13. The summed E-state index contributed by atoms with van der Waals surface area (Å²) in [7, 11) is 0. The molecular formula is C18H19BrFNO2. The van der Waals surface area contributed by atoms with Crippen molar-refractivity contribution < 1.29 is 13.9 Å². The van der Waals surface area contributed by atoms with Crippen molar-refractivity contribution in [3.8, 4) is 5.75 Å². The van der Waals surface area contributed by atoms with Gasteiger partial charge >= 0.3 is 0 Å². The molecule has 0 aliphatic rings. The largest absolute Gasteiger partial charge is 0.480 e. The Morgan fingerprint density at radius 1 is 1.26 bits per heavy atom. The summed E-state index contributed by atoms with van der Waals surface area (Å²) in [6.07, 6.45) is -0.198. The third kappa shape index (κ3) is 4.55. The van der Waals surface area contributed by atoms with Gasteiger partial charge in [-0.1, -0.05) is 35.0 Å². The summed E-state index contributed by atoms with van der Waals surface area (Å²) in [6, 6.07) is 10.3. The number of halogens is 2. The van der Waals surface area contributed by atoms with E-state index >= 15 is 0 Å². The van der Waals surface area contributed by atoms with Crippen molar-refractivity contribution in [3.05, 3.63) is 57.8 Å². The number of carbonyl (C=O) groups is 1. The summed E-state index contributed by atoms with van der Waals surface area (Å²) >= 11 is 3.19. The highest BCUT2D eigenvalue weighted by Gasteiger charge is 2.20. The number of anilines is 1. The van der Waals surface area contributed by atoms with E-state index in [9.17, 15) is 9.18 Å². The van der Waals surface area contributed by atoms with Gasteiger partial charge in [-0.05, 0) is 55.7 Å². The van der Waals surface area contributed by atoms with Crippen molar-refractivity contribution >= 4 is 27.5 Å². The highest BCUT2D eigenvalue weighted by atomic mass is 79.9. The first kappa shape index (κ1) is 17.5. The molecule has 2 aromatic carbocycles. The number of amides is 1. The average Bonchev–Trinajstić information content (AvgIpc) is 2.50. The van der Waals surface area contributed by atoms with Crippen LogP contribution in [0.4, 0.5) is 10.1 Å². The molecule has 0 spiro atoms. The van der Waals surface area contributed by atoms with Crippen LogP contribution >= 0.6 is 15.9 Å². The van der Waals surface area contributed by atoms with Crippen LogP contribution in [-0.4, -0.2) is 12.0 Å². The maximum atomic E-state index is 13.8. The molecule has 0 radical (unpaired) electrons. The van der Waals surface area contributed by atoms with Crippen LogP contribution in [-0.2, 0) is 4.79 Å². The molecule has 3 nitrogen and oxygen atoms in total. The van der Waals surface area contributed by atoms with Crippen LogP contribution < -0.4 is 10.1 Å². The van der Waals surface area contributed by atoms with Crippen molar-refractivity contribution in [2.24, 2.45) is 0 Å². The molecule has 0 aliphatic heterocycles. The topological polar surface area (TPSA) is 38.3 Å². The lowest BCUT2D eigenvalue weighted by molar-refractivity contribution is -0.122. The van der Waals surface area contributed by atoms with Gasteiger partial charge in [0.25, 0.3) is 5.91 Å². The Morgan fingerprint density at radius 2 is 2.00 bits per heavy atom. The van der Waals surface area contributed by atoms with E-state index in [1.165, 1.54) is 12.1 Å². The van der Waals surface area contributed by atoms with E-state index in [-0.39, 0.29) is 11.6 Å². The van der Waals surface area contributed by atoms with Gasteiger partial charge in [-0.2, -0.15) is 0 Å². The van der Waals surface area contributed by atoms with E-state index in [1.807, 2.05) is 39.0 Å². The second-order valence-electron chi connectivity index (χ2n) is 5.40. The summed E-state index contributed by atoms with van der Waals surface area (Å²) in [4.78, 5) is 12.4. The maximum absolute atomic E-state index is 13.8. The molecule has 1 unspecified atom stereocenters. The molecule has 0 bridgehead atoms. The Bertz CT molecular complexity index is 718. The quantitative estimate of drug-likeness (QED) is 0.793. The summed E-state index contributed by atoms with van der Waals surface area (Å²) in [5, 5.41) is 2.58. The number of hydrogen-bond donors (Lipinski definition) is 1. The van der Waals surface area contributed by atoms with Crippen molar-refractivity contribution in [2.45, 2.75) is 33.3 Å². The molecule has 5 heteroatoms. The van der Waals surface area contributed by atoms with E-state index in [4.69, 9.17) is 4.74 Å². The van der Waals surface area contributed by atoms with E-state index in [0.29, 0.717) is 16.6 Å². The minimum Gasteiger partial charge on any atom is -0.480 e. The lowest BCUT2D eigenvalue weighted by Gasteiger charge is -2.19. The van der Waals surface area contributed by atoms with Gasteiger partial charge in [0.2, 0.25) is 0 Å². The highest BCUT2D eigenvalue weighted by molar-refractivity contribution is 9.10. The molecule has 122 valence electrons. The molecular weight excluding hydrogens is 361 g/mol. The Hall–Kier alpha value is -1.88. The molecule has 0 aliphatic carbocycles. The van der Waals surface area contributed by atoms with Crippen molar-refractivity contribution in [1.29, 1.82) is 0 Å². The number of carbonyl (C=O) groups excluding carboxylic acids is 1.